The Hall–Kier alpha value is -1.14. The monoisotopic (exact) mass is 353 g/mol. The van der Waals surface area contributed by atoms with Crippen LogP contribution in [-0.2, 0) is 6.54 Å². The van der Waals surface area contributed by atoms with Gasteiger partial charge in [-0.2, -0.15) is 0 Å². The molecule has 0 amide bonds. The Balaban J connectivity index is 0.00000192. The number of benzene rings is 1. The minimum atomic E-state index is 0. The molecule has 126 valence electrons. The molecule has 2 N–H and O–H groups in total. The second kappa shape index (κ2) is 8.64. The van der Waals surface area contributed by atoms with E-state index in [9.17, 15) is 0 Å². The molecule has 0 saturated heterocycles. The lowest BCUT2D eigenvalue weighted by atomic mass is 10.2. The number of rotatable bonds is 8. The highest BCUT2D eigenvalue weighted by atomic mass is 35.5. The van der Waals surface area contributed by atoms with Gasteiger partial charge in [-0.25, -0.2) is 4.98 Å². The summed E-state index contributed by atoms with van der Waals surface area (Å²) in [5.41, 5.74) is 6.74. The van der Waals surface area contributed by atoms with Crippen LogP contribution in [0.15, 0.2) is 30.5 Å². The van der Waals surface area contributed by atoms with Crippen LogP contribution in [0.3, 0.4) is 0 Å². The van der Waals surface area contributed by atoms with Crippen LogP contribution in [0.2, 0.25) is 0 Å². The molecule has 0 aliphatic heterocycles. The zero-order chi connectivity index (χ0) is 15.4. The number of thiazole rings is 1. The first-order chi connectivity index (χ1) is 10.8. The first-order valence-electron chi connectivity index (χ1n) is 7.84. The van der Waals surface area contributed by atoms with Crippen molar-refractivity contribution in [1.29, 1.82) is 0 Å². The molecule has 1 saturated carbocycles. The number of hydrogen-bond acceptors (Lipinski definition) is 5. The van der Waals surface area contributed by atoms with E-state index in [1.54, 1.807) is 11.3 Å². The van der Waals surface area contributed by atoms with E-state index in [1.807, 2.05) is 18.3 Å². The molecule has 0 atom stereocenters. The normalized spacial score (nSPS) is 13.9. The van der Waals surface area contributed by atoms with E-state index in [-0.39, 0.29) is 12.4 Å². The van der Waals surface area contributed by atoms with E-state index < -0.39 is 0 Å². The fourth-order valence-electron chi connectivity index (χ4n) is 2.43. The van der Waals surface area contributed by atoms with E-state index in [4.69, 9.17) is 10.5 Å². The maximum atomic E-state index is 5.81. The smallest absolute Gasteiger partial charge is 0.123 e. The van der Waals surface area contributed by atoms with Gasteiger partial charge >= 0.3 is 0 Å². The molecule has 0 unspecified atom stereocenters. The molecule has 0 spiro atoms. The molecule has 1 fully saturated rings. The number of halogens is 1. The molecule has 6 heteroatoms. The predicted molar refractivity (Wildman–Crippen MR) is 98.5 cm³/mol. The van der Waals surface area contributed by atoms with Crippen molar-refractivity contribution in [3.63, 3.8) is 0 Å². The van der Waals surface area contributed by atoms with Crippen molar-refractivity contribution in [2.45, 2.75) is 31.8 Å². The zero-order valence-corrected chi connectivity index (χ0v) is 15.0. The molecular formula is C17H24ClN3OS. The molecule has 1 aromatic heterocycles. The fourth-order valence-corrected chi connectivity index (χ4v) is 3.23. The number of hydrogen-bond donors (Lipinski definition) is 1. The summed E-state index contributed by atoms with van der Waals surface area (Å²) in [4.78, 5) is 7.94. The molecule has 0 radical (unpaired) electrons. The van der Waals surface area contributed by atoms with Gasteiger partial charge in [-0.3, -0.25) is 0 Å². The van der Waals surface area contributed by atoms with Crippen molar-refractivity contribution < 1.29 is 4.74 Å². The van der Waals surface area contributed by atoms with Crippen molar-refractivity contribution >= 4 is 23.7 Å². The summed E-state index contributed by atoms with van der Waals surface area (Å²) in [6.07, 6.45) is 5.64. The molecule has 4 nitrogen and oxygen atoms in total. The molecule has 23 heavy (non-hydrogen) atoms. The number of nitrogens with zero attached hydrogens (tertiary/aromatic N) is 2. The molecule has 3 rings (SSSR count). The van der Waals surface area contributed by atoms with Gasteiger partial charge < -0.3 is 15.4 Å². The SMILES string of the molecule is CN(CCCOc1ccc(-c2ncc(CN)s2)cc1)C1CC1.Cl. The van der Waals surface area contributed by atoms with E-state index in [2.05, 4.69) is 29.1 Å². The van der Waals surface area contributed by atoms with Gasteiger partial charge in [0.25, 0.3) is 0 Å². The summed E-state index contributed by atoms with van der Waals surface area (Å²) < 4.78 is 5.81. The van der Waals surface area contributed by atoms with Crippen LogP contribution in [0.4, 0.5) is 0 Å². The van der Waals surface area contributed by atoms with Crippen molar-refractivity contribution in [3.8, 4) is 16.3 Å². The average Bonchev–Trinajstić information content (AvgIpc) is 3.30. The van der Waals surface area contributed by atoms with Crippen LogP contribution in [0.5, 0.6) is 5.75 Å². The summed E-state index contributed by atoms with van der Waals surface area (Å²) >= 11 is 1.64. The van der Waals surface area contributed by atoms with Gasteiger partial charge in [0.15, 0.2) is 0 Å². The molecule has 1 aromatic carbocycles. The lowest BCUT2D eigenvalue weighted by Gasteiger charge is -2.15. The highest BCUT2D eigenvalue weighted by Gasteiger charge is 2.25. The standard InChI is InChI=1S/C17H23N3OS.ClH/c1-20(14-5-6-14)9-2-10-21-15-7-3-13(4-8-15)17-19-12-16(11-18)22-17;/h3-4,7-8,12,14H,2,5-6,9-11,18H2,1H3;1H. The Labute approximate surface area is 148 Å². The van der Waals surface area contributed by atoms with Gasteiger partial charge in [-0.15, -0.1) is 23.7 Å². The minimum absolute atomic E-state index is 0. The van der Waals surface area contributed by atoms with Gasteiger partial charge in [0.05, 0.1) is 6.61 Å². The van der Waals surface area contributed by atoms with Crippen molar-refractivity contribution in [1.82, 2.24) is 9.88 Å². The lowest BCUT2D eigenvalue weighted by molar-refractivity contribution is 0.258. The van der Waals surface area contributed by atoms with Crippen LogP contribution in [0.25, 0.3) is 10.6 Å². The molecule has 1 heterocycles. The maximum Gasteiger partial charge on any atom is 0.123 e. The Morgan fingerprint density at radius 2 is 2.04 bits per heavy atom. The summed E-state index contributed by atoms with van der Waals surface area (Å²) in [5.74, 6) is 0.924. The maximum absolute atomic E-state index is 5.81. The van der Waals surface area contributed by atoms with E-state index in [0.717, 1.165) is 46.8 Å². The third kappa shape index (κ3) is 5.18. The highest BCUT2D eigenvalue weighted by Crippen LogP contribution is 2.27. The Kier molecular flexibility index (Phi) is 6.84. The van der Waals surface area contributed by atoms with Gasteiger partial charge in [0.1, 0.15) is 10.8 Å². The third-order valence-electron chi connectivity index (χ3n) is 3.95. The van der Waals surface area contributed by atoms with Crippen LogP contribution >= 0.6 is 23.7 Å². The number of ether oxygens (including phenoxy) is 1. The van der Waals surface area contributed by atoms with Crippen LogP contribution in [0, 0.1) is 0 Å². The first kappa shape index (κ1) is 18.2. The minimum Gasteiger partial charge on any atom is -0.494 e. The summed E-state index contributed by atoms with van der Waals surface area (Å²) in [5, 5.41) is 1.01. The number of nitrogens with two attached hydrogens (primary N) is 1. The second-order valence-corrected chi connectivity index (χ2v) is 6.89. The van der Waals surface area contributed by atoms with Crippen molar-refractivity contribution in [3.05, 3.63) is 35.3 Å². The van der Waals surface area contributed by atoms with Crippen molar-refractivity contribution in [2.24, 2.45) is 5.73 Å². The molecule has 1 aliphatic rings. The predicted octanol–water partition coefficient (Wildman–Crippen LogP) is 3.55. The third-order valence-corrected chi connectivity index (χ3v) is 5.02. The quantitative estimate of drug-likeness (QED) is 0.737. The van der Waals surface area contributed by atoms with E-state index in [1.165, 1.54) is 12.8 Å². The molecule has 0 bridgehead atoms. The Bertz CT molecular complexity index is 598. The number of aromatic nitrogens is 1. The van der Waals surface area contributed by atoms with Crippen molar-refractivity contribution in [2.75, 3.05) is 20.2 Å². The van der Waals surface area contributed by atoms with E-state index in [0.29, 0.717) is 6.54 Å². The van der Waals surface area contributed by atoms with Crippen LogP contribution in [0.1, 0.15) is 24.1 Å². The van der Waals surface area contributed by atoms with Gasteiger partial charge in [-0.05, 0) is 50.6 Å². The zero-order valence-electron chi connectivity index (χ0n) is 13.4. The van der Waals surface area contributed by atoms with Gasteiger partial charge in [0.2, 0.25) is 0 Å². The molecule has 1 aliphatic carbocycles. The van der Waals surface area contributed by atoms with Crippen LogP contribution < -0.4 is 10.5 Å². The molecule has 2 aromatic rings. The van der Waals surface area contributed by atoms with Gasteiger partial charge in [-0.1, -0.05) is 0 Å². The Morgan fingerprint density at radius 1 is 1.30 bits per heavy atom. The first-order valence-corrected chi connectivity index (χ1v) is 8.66. The summed E-state index contributed by atoms with van der Waals surface area (Å²) in [6.45, 7) is 2.43. The topological polar surface area (TPSA) is 51.4 Å². The average molecular weight is 354 g/mol. The van der Waals surface area contributed by atoms with Gasteiger partial charge in [0, 0.05) is 35.8 Å². The Morgan fingerprint density at radius 3 is 2.65 bits per heavy atom. The fraction of sp³-hybridized carbons (Fsp3) is 0.471. The van der Waals surface area contributed by atoms with Crippen LogP contribution in [-0.4, -0.2) is 36.1 Å². The highest BCUT2D eigenvalue weighted by molar-refractivity contribution is 7.15. The second-order valence-electron chi connectivity index (χ2n) is 5.77. The summed E-state index contributed by atoms with van der Waals surface area (Å²) in [6, 6.07) is 8.98. The summed E-state index contributed by atoms with van der Waals surface area (Å²) in [7, 11) is 2.20. The largest absolute Gasteiger partial charge is 0.494 e. The molecular weight excluding hydrogens is 330 g/mol. The lowest BCUT2D eigenvalue weighted by Crippen LogP contribution is -2.23. The van der Waals surface area contributed by atoms with E-state index >= 15 is 0 Å².